The quantitative estimate of drug-likeness (QED) is 0.809. The average molecular weight is 210 g/mol. The molecule has 1 aromatic rings. The third kappa shape index (κ3) is 2.82. The van der Waals surface area contributed by atoms with Crippen LogP contribution in [0.4, 0.5) is 0 Å². The Labute approximate surface area is 89.6 Å². The van der Waals surface area contributed by atoms with Gasteiger partial charge in [-0.2, -0.15) is 0 Å². The molecule has 74 valence electrons. The summed E-state index contributed by atoms with van der Waals surface area (Å²) >= 11 is 0. The normalized spacial score (nSPS) is 13.3. The maximum absolute atomic E-state index is 4.96. The molecule has 0 aliphatic carbocycles. The highest BCUT2D eigenvalue weighted by molar-refractivity contribution is 5.85. The molecule has 1 aliphatic rings. The third-order valence-electron chi connectivity index (χ3n) is 1.87. The Bertz CT molecular complexity index is 332. The number of halogens is 1. The summed E-state index contributed by atoms with van der Waals surface area (Å²) in [5.41, 5.74) is 5.20. The van der Waals surface area contributed by atoms with Crippen molar-refractivity contribution in [2.75, 3.05) is 0 Å². The zero-order valence-electron chi connectivity index (χ0n) is 7.64. The first kappa shape index (κ1) is 10.7. The van der Waals surface area contributed by atoms with Crippen LogP contribution in [0.3, 0.4) is 0 Å². The van der Waals surface area contributed by atoms with E-state index in [2.05, 4.69) is 17.6 Å². The average Bonchev–Trinajstić information content (AvgIpc) is 2.21. The number of nitrogens with one attached hydrogen (secondary N) is 1. The molecule has 0 amide bonds. The molecule has 0 fully saturated rings. The molecule has 2 rings (SSSR count). The van der Waals surface area contributed by atoms with Gasteiger partial charge in [0.25, 0.3) is 0 Å². The Hall–Kier alpha value is -1.41. The van der Waals surface area contributed by atoms with E-state index in [1.54, 1.807) is 6.26 Å². The minimum atomic E-state index is 0. The number of benzene rings is 1. The molecule has 0 aromatic heterocycles. The summed E-state index contributed by atoms with van der Waals surface area (Å²) in [4.78, 5) is 4.96. The van der Waals surface area contributed by atoms with Crippen LogP contribution >= 0.6 is 12.4 Å². The number of hydrogen-bond acceptors (Lipinski definition) is 2. The molecule has 0 bridgehead atoms. The second-order valence-corrected chi connectivity index (χ2v) is 2.90. The monoisotopic (exact) mass is 209 g/mol. The Kier molecular flexibility index (Phi) is 4.08. The van der Waals surface area contributed by atoms with E-state index in [1.165, 1.54) is 5.56 Å². The van der Waals surface area contributed by atoms with Crippen molar-refractivity contribution in [1.29, 1.82) is 0 Å². The van der Waals surface area contributed by atoms with Gasteiger partial charge in [0.05, 0.1) is 5.70 Å². The van der Waals surface area contributed by atoms with E-state index >= 15 is 0 Å². The number of allylic oxidation sites excluding steroid dienone is 3. The molecule has 2 nitrogen and oxygen atoms in total. The largest absolute Gasteiger partial charge is 0.390 e. The lowest BCUT2D eigenvalue weighted by Crippen LogP contribution is -2.14. The van der Waals surface area contributed by atoms with Gasteiger partial charge in [-0.25, -0.2) is 5.48 Å². The fourth-order valence-electron chi connectivity index (χ4n) is 1.25. The van der Waals surface area contributed by atoms with Gasteiger partial charge in [-0.3, -0.25) is 0 Å². The number of hydroxylamine groups is 1. The predicted molar refractivity (Wildman–Crippen MR) is 58.8 cm³/mol. The van der Waals surface area contributed by atoms with Gasteiger partial charge in [-0.1, -0.05) is 30.3 Å². The molecule has 0 spiro atoms. The zero-order chi connectivity index (χ0) is 8.93. The minimum absolute atomic E-state index is 0. The van der Waals surface area contributed by atoms with E-state index in [4.69, 9.17) is 4.84 Å². The maximum Gasteiger partial charge on any atom is 0.119 e. The first-order valence-electron chi connectivity index (χ1n) is 4.26. The molecule has 0 saturated heterocycles. The van der Waals surface area contributed by atoms with Crippen LogP contribution in [0.1, 0.15) is 5.56 Å². The van der Waals surface area contributed by atoms with Gasteiger partial charge in [-0.05, 0) is 17.7 Å². The molecule has 1 N–H and O–H groups in total. The molecule has 0 atom stereocenters. The Morgan fingerprint density at radius 2 is 1.93 bits per heavy atom. The van der Waals surface area contributed by atoms with Crippen LogP contribution in [-0.4, -0.2) is 0 Å². The SMILES string of the molecule is C1=CONC(Cc2ccccc2)=C1.Cl. The van der Waals surface area contributed by atoms with Gasteiger partial charge in [-0.15, -0.1) is 12.4 Å². The number of hydrogen-bond donors (Lipinski definition) is 1. The van der Waals surface area contributed by atoms with Crippen molar-refractivity contribution in [1.82, 2.24) is 5.48 Å². The summed E-state index contributed by atoms with van der Waals surface area (Å²) in [5.74, 6) is 0. The van der Waals surface area contributed by atoms with Gasteiger partial charge in [0.2, 0.25) is 0 Å². The molecule has 0 unspecified atom stereocenters. The van der Waals surface area contributed by atoms with E-state index in [-0.39, 0.29) is 12.4 Å². The summed E-state index contributed by atoms with van der Waals surface area (Å²) in [6, 6.07) is 10.3. The van der Waals surface area contributed by atoms with Crippen molar-refractivity contribution in [3.05, 3.63) is 60.0 Å². The van der Waals surface area contributed by atoms with Gasteiger partial charge in [0.15, 0.2) is 0 Å². The molecule has 3 heteroatoms. The van der Waals surface area contributed by atoms with Crippen molar-refractivity contribution >= 4 is 12.4 Å². The third-order valence-corrected chi connectivity index (χ3v) is 1.87. The highest BCUT2D eigenvalue weighted by Gasteiger charge is 1.99. The summed E-state index contributed by atoms with van der Waals surface area (Å²) in [6.45, 7) is 0. The van der Waals surface area contributed by atoms with E-state index in [0.29, 0.717) is 0 Å². The first-order valence-corrected chi connectivity index (χ1v) is 4.26. The van der Waals surface area contributed by atoms with Crippen LogP contribution in [0, 0.1) is 0 Å². The molecular formula is C11H12ClNO. The lowest BCUT2D eigenvalue weighted by Gasteiger charge is -2.11. The van der Waals surface area contributed by atoms with E-state index < -0.39 is 0 Å². The van der Waals surface area contributed by atoms with E-state index in [0.717, 1.165) is 12.1 Å². The van der Waals surface area contributed by atoms with Gasteiger partial charge in [0.1, 0.15) is 6.26 Å². The van der Waals surface area contributed by atoms with Crippen LogP contribution in [0.2, 0.25) is 0 Å². The van der Waals surface area contributed by atoms with Crippen molar-refractivity contribution < 1.29 is 4.84 Å². The standard InChI is InChI=1S/C11H11NO.ClH/c1-2-5-10(6-3-1)9-11-7-4-8-13-12-11;/h1-8,12H,9H2;1H. The molecule has 14 heavy (non-hydrogen) atoms. The summed E-state index contributed by atoms with van der Waals surface area (Å²) in [6.07, 6.45) is 6.39. The minimum Gasteiger partial charge on any atom is -0.390 e. The lowest BCUT2D eigenvalue weighted by molar-refractivity contribution is 0.157. The molecular weight excluding hydrogens is 198 g/mol. The molecule has 1 aromatic carbocycles. The lowest BCUT2D eigenvalue weighted by atomic mass is 10.1. The topological polar surface area (TPSA) is 21.3 Å². The predicted octanol–water partition coefficient (Wildman–Crippen LogP) is 2.58. The van der Waals surface area contributed by atoms with Crippen LogP contribution < -0.4 is 5.48 Å². The van der Waals surface area contributed by atoms with E-state index in [9.17, 15) is 0 Å². The zero-order valence-corrected chi connectivity index (χ0v) is 8.46. The second-order valence-electron chi connectivity index (χ2n) is 2.90. The fourth-order valence-corrected chi connectivity index (χ4v) is 1.25. The molecule has 1 heterocycles. The number of rotatable bonds is 2. The van der Waals surface area contributed by atoms with Crippen molar-refractivity contribution in [3.8, 4) is 0 Å². The highest BCUT2D eigenvalue weighted by atomic mass is 35.5. The van der Waals surface area contributed by atoms with Crippen molar-refractivity contribution in [3.63, 3.8) is 0 Å². The summed E-state index contributed by atoms with van der Waals surface area (Å²) in [7, 11) is 0. The Morgan fingerprint density at radius 1 is 1.14 bits per heavy atom. The van der Waals surface area contributed by atoms with Crippen LogP contribution in [0.15, 0.2) is 54.4 Å². The smallest absolute Gasteiger partial charge is 0.119 e. The van der Waals surface area contributed by atoms with Crippen LogP contribution in [0.25, 0.3) is 0 Å². The summed E-state index contributed by atoms with van der Waals surface area (Å²) in [5, 5.41) is 0. The summed E-state index contributed by atoms with van der Waals surface area (Å²) < 4.78 is 0. The van der Waals surface area contributed by atoms with Crippen molar-refractivity contribution in [2.24, 2.45) is 0 Å². The van der Waals surface area contributed by atoms with Gasteiger partial charge in [0, 0.05) is 6.42 Å². The van der Waals surface area contributed by atoms with Gasteiger partial charge < -0.3 is 4.84 Å². The fraction of sp³-hybridized carbons (Fsp3) is 0.0909. The Balaban J connectivity index is 0.000000980. The molecule has 0 radical (unpaired) electrons. The maximum atomic E-state index is 4.96. The van der Waals surface area contributed by atoms with E-state index in [1.807, 2.05) is 30.4 Å². The van der Waals surface area contributed by atoms with Crippen molar-refractivity contribution in [2.45, 2.75) is 6.42 Å². The highest BCUT2D eigenvalue weighted by Crippen LogP contribution is 2.07. The van der Waals surface area contributed by atoms with Crippen LogP contribution in [0.5, 0.6) is 0 Å². The van der Waals surface area contributed by atoms with Gasteiger partial charge >= 0.3 is 0 Å². The molecule has 1 aliphatic heterocycles. The first-order chi connectivity index (χ1) is 6.45. The second kappa shape index (κ2) is 5.35. The van der Waals surface area contributed by atoms with Crippen LogP contribution in [-0.2, 0) is 11.3 Å². The Morgan fingerprint density at radius 3 is 2.57 bits per heavy atom. The molecule has 0 saturated carbocycles.